The van der Waals surface area contributed by atoms with E-state index in [0.717, 1.165) is 5.69 Å². The number of rotatable bonds is 2. The third-order valence-electron chi connectivity index (χ3n) is 1.35. The zero-order valence-corrected chi connectivity index (χ0v) is 8.08. The lowest BCUT2D eigenvalue weighted by molar-refractivity contribution is -0.237. The van der Waals surface area contributed by atoms with Gasteiger partial charge in [0, 0.05) is 0 Å². The minimum Gasteiger partial charge on any atom is -0.555 e. The highest BCUT2D eigenvalue weighted by Gasteiger charge is 1.91. The van der Waals surface area contributed by atoms with E-state index in [-0.39, 0.29) is 0 Å². The monoisotopic (exact) mass is 180 g/mol. The Balaban J connectivity index is 2.85. The molecule has 0 unspecified atom stereocenters. The molecule has 0 saturated carbocycles. The zero-order valence-electron chi connectivity index (χ0n) is 7.27. The predicted molar refractivity (Wildman–Crippen MR) is 53.5 cm³/mol. The van der Waals surface area contributed by atoms with Crippen LogP contribution in [0.4, 0.5) is 5.69 Å². The lowest BCUT2D eigenvalue weighted by atomic mass is 10.3. The van der Waals surface area contributed by atoms with Crippen LogP contribution in [0.3, 0.4) is 0 Å². The molecule has 64 valence electrons. The first kappa shape index (κ1) is 9.00. The van der Waals surface area contributed by atoms with Gasteiger partial charge in [-0.25, -0.2) is 0 Å². The van der Waals surface area contributed by atoms with Crippen LogP contribution in [0.15, 0.2) is 30.3 Å². The smallest absolute Gasteiger partial charge is 0.221 e. The Labute approximate surface area is 78.7 Å². The second kappa shape index (κ2) is 4.07. The van der Waals surface area contributed by atoms with Crippen molar-refractivity contribution >= 4 is 24.8 Å². The summed E-state index contributed by atoms with van der Waals surface area (Å²) in [5, 5.41) is 0. The molecule has 0 aliphatic rings. The predicted octanol–water partition coefficient (Wildman–Crippen LogP) is 1.38. The third kappa shape index (κ3) is 2.51. The van der Waals surface area contributed by atoms with E-state index in [1.807, 2.05) is 55.7 Å². The molecule has 0 atom stereocenters. The van der Waals surface area contributed by atoms with Gasteiger partial charge in [-0.05, 0) is 12.1 Å². The molecular weight excluding hydrogens is 168 g/mol. The largest absolute Gasteiger partial charge is 0.555 e. The van der Waals surface area contributed by atoms with Crippen molar-refractivity contribution in [2.75, 3.05) is 14.1 Å². The molecule has 0 fully saturated rings. The van der Waals surface area contributed by atoms with E-state index in [1.165, 1.54) is 0 Å². The summed E-state index contributed by atoms with van der Waals surface area (Å²) in [5.74, 6) is 0. The Morgan fingerprint density at radius 2 is 1.83 bits per heavy atom. The van der Waals surface area contributed by atoms with Crippen LogP contribution in [-0.4, -0.2) is 29.3 Å². The lowest BCUT2D eigenvalue weighted by Crippen LogP contribution is -2.14. The minimum absolute atomic E-state index is 1.02. The van der Waals surface area contributed by atoms with Gasteiger partial charge in [0.15, 0.2) is 0 Å². The van der Waals surface area contributed by atoms with Crippen molar-refractivity contribution in [3.8, 4) is 0 Å². The van der Waals surface area contributed by atoms with Gasteiger partial charge < -0.3 is 16.8 Å². The number of hydrogen-bond donors (Lipinski definition) is 0. The minimum atomic E-state index is 1.02. The van der Waals surface area contributed by atoms with Gasteiger partial charge in [0.2, 0.25) is 6.34 Å². The molecule has 3 heteroatoms. The Bertz CT molecular complexity index is 267. The molecule has 1 aromatic carbocycles. The Hall–Kier alpha value is -1.09. The average molecular weight is 180 g/mol. The summed E-state index contributed by atoms with van der Waals surface area (Å²) in [4.78, 5) is 1.92. The number of benzene rings is 1. The van der Waals surface area contributed by atoms with E-state index in [1.54, 1.807) is 3.98 Å². The van der Waals surface area contributed by atoms with E-state index in [9.17, 15) is 0 Å². The Kier molecular flexibility index (Phi) is 3.05. The quantitative estimate of drug-likeness (QED) is 0.293. The van der Waals surface area contributed by atoms with Gasteiger partial charge in [-0.15, -0.1) is 0 Å². The van der Waals surface area contributed by atoms with Crippen molar-refractivity contribution in [1.29, 1.82) is 0 Å². The van der Waals surface area contributed by atoms with Crippen LogP contribution < -0.4 is 0 Å². The second-order valence-corrected chi connectivity index (χ2v) is 3.13. The average Bonchev–Trinajstić information content (AvgIpc) is 2.05. The molecule has 0 bridgehead atoms. The van der Waals surface area contributed by atoms with Crippen LogP contribution in [0.5, 0.6) is 0 Å². The fourth-order valence-electron chi connectivity index (χ4n) is 0.851. The summed E-state index contributed by atoms with van der Waals surface area (Å²) in [6.45, 7) is 0. The molecule has 0 aromatic heterocycles. The maximum atomic E-state index is 5.12. The molecule has 2 nitrogen and oxygen atoms in total. The van der Waals surface area contributed by atoms with Gasteiger partial charge in [0.05, 0.1) is 14.1 Å². The third-order valence-corrected chi connectivity index (χ3v) is 1.65. The summed E-state index contributed by atoms with van der Waals surface area (Å²) < 4.78 is 1.67. The topological polar surface area (TPSA) is 6.25 Å². The van der Waals surface area contributed by atoms with Crippen molar-refractivity contribution in [3.63, 3.8) is 0 Å². The lowest BCUT2D eigenvalue weighted by Gasteiger charge is -2.11. The standard InChI is InChI=1S/C9H12N2S/c1-10(2)8-11(12)9-6-4-3-5-7-9/h3-8H,1-2H3. The fourth-order valence-corrected chi connectivity index (χ4v) is 1.16. The van der Waals surface area contributed by atoms with E-state index in [0.29, 0.717) is 0 Å². The van der Waals surface area contributed by atoms with Crippen LogP contribution >= 0.6 is 0 Å². The fraction of sp³-hybridized carbons (Fsp3) is 0.222. The van der Waals surface area contributed by atoms with Gasteiger partial charge in [-0.2, -0.15) is 0 Å². The van der Waals surface area contributed by atoms with E-state index < -0.39 is 0 Å². The Morgan fingerprint density at radius 1 is 1.25 bits per heavy atom. The van der Waals surface area contributed by atoms with E-state index in [4.69, 9.17) is 12.8 Å². The molecule has 0 amide bonds. The van der Waals surface area contributed by atoms with E-state index >= 15 is 0 Å². The first-order valence-corrected chi connectivity index (χ1v) is 4.09. The molecule has 1 aromatic rings. The van der Waals surface area contributed by atoms with Crippen molar-refractivity contribution in [2.45, 2.75) is 0 Å². The number of hydrogen-bond acceptors (Lipinski definition) is 1. The van der Waals surface area contributed by atoms with Gasteiger partial charge in [-0.1, -0.05) is 18.2 Å². The maximum absolute atomic E-state index is 5.12. The zero-order chi connectivity index (χ0) is 8.97. The molecule has 0 N–H and O–H groups in total. The molecule has 1 rings (SSSR count). The van der Waals surface area contributed by atoms with E-state index in [2.05, 4.69) is 0 Å². The molecule has 0 heterocycles. The van der Waals surface area contributed by atoms with Crippen LogP contribution in [0.25, 0.3) is 0 Å². The first-order chi connectivity index (χ1) is 5.70. The molecule has 0 aliphatic carbocycles. The molecule has 0 spiro atoms. The van der Waals surface area contributed by atoms with Gasteiger partial charge in [0.1, 0.15) is 5.69 Å². The number of para-hydroxylation sites is 1. The SMILES string of the molecule is CN(C)C=[N+]([S-])c1ccccc1. The van der Waals surface area contributed by atoms with Crippen molar-refractivity contribution in [2.24, 2.45) is 0 Å². The number of nitrogens with zero attached hydrogens (tertiary/aromatic N) is 2. The highest BCUT2D eigenvalue weighted by atomic mass is 32.1. The van der Waals surface area contributed by atoms with Gasteiger partial charge in [-0.3, -0.25) is 4.90 Å². The van der Waals surface area contributed by atoms with Crippen LogP contribution in [0, 0.1) is 0 Å². The maximum Gasteiger partial charge on any atom is 0.221 e. The highest BCUT2D eigenvalue weighted by Crippen LogP contribution is 2.07. The first-order valence-electron chi connectivity index (χ1n) is 3.73. The molecule has 0 radical (unpaired) electrons. The molecule has 12 heavy (non-hydrogen) atoms. The van der Waals surface area contributed by atoms with Crippen LogP contribution in [-0.2, 0) is 12.8 Å². The summed E-state index contributed by atoms with van der Waals surface area (Å²) in [7, 11) is 3.89. The summed E-state index contributed by atoms with van der Waals surface area (Å²) in [6.07, 6.45) is 1.85. The van der Waals surface area contributed by atoms with Crippen molar-refractivity contribution in [1.82, 2.24) is 4.90 Å². The van der Waals surface area contributed by atoms with Crippen molar-refractivity contribution < 1.29 is 3.98 Å². The van der Waals surface area contributed by atoms with Crippen LogP contribution in [0.2, 0.25) is 0 Å². The highest BCUT2D eigenvalue weighted by molar-refractivity contribution is 7.51. The molecule has 0 saturated heterocycles. The normalized spacial score (nSPS) is 11.3. The summed E-state index contributed by atoms with van der Waals surface area (Å²) in [5.41, 5.74) is 1.02. The van der Waals surface area contributed by atoms with Gasteiger partial charge in [0.25, 0.3) is 0 Å². The van der Waals surface area contributed by atoms with Gasteiger partial charge >= 0.3 is 0 Å². The second-order valence-electron chi connectivity index (χ2n) is 2.74. The molecule has 0 aliphatic heterocycles. The summed E-state index contributed by atoms with van der Waals surface area (Å²) >= 11 is 5.12. The molecular formula is C9H12N2S. The van der Waals surface area contributed by atoms with Crippen molar-refractivity contribution in [3.05, 3.63) is 30.3 Å². The van der Waals surface area contributed by atoms with Crippen LogP contribution in [0.1, 0.15) is 0 Å². The Morgan fingerprint density at radius 3 is 2.33 bits per heavy atom. The summed E-state index contributed by atoms with van der Waals surface area (Å²) in [6, 6.07) is 9.87.